The van der Waals surface area contributed by atoms with Gasteiger partial charge in [0.05, 0.1) is 6.54 Å². The second-order valence-electron chi connectivity index (χ2n) is 7.36. The Hall–Kier alpha value is -2.83. The van der Waals surface area contributed by atoms with Crippen molar-refractivity contribution in [3.8, 4) is 0 Å². The highest BCUT2D eigenvalue weighted by atomic mass is 16.2. The fourth-order valence-electron chi connectivity index (χ4n) is 3.87. The van der Waals surface area contributed by atoms with Crippen LogP contribution in [-0.4, -0.2) is 60.4 Å². The molecule has 2 aliphatic heterocycles. The Balaban J connectivity index is 1.49. The third kappa shape index (κ3) is 4.87. The number of nitrogens with one attached hydrogen (secondary N) is 1. The number of hydrogen-bond donors (Lipinski definition) is 2. The minimum Gasteiger partial charge on any atom is -0.352 e. The van der Waals surface area contributed by atoms with Crippen LogP contribution in [0.25, 0.3) is 6.08 Å². The maximum atomic E-state index is 12.4. The number of likely N-dealkylation sites (tertiary alicyclic amines) is 2. The number of piperidine rings is 1. The van der Waals surface area contributed by atoms with Crippen molar-refractivity contribution in [2.75, 3.05) is 32.7 Å². The fourth-order valence-corrected chi connectivity index (χ4v) is 3.87. The molecule has 3 N–H and O–H groups in total. The standard InChI is InChI=1S/C20H26N4O3/c21-19(27)22-14-18(26)23-11-8-20(9-12-23)13-17(25)24(15-20)10-4-7-16-5-2-1-3-6-16/h1-7H,8-15H2,(H3,21,22,27)/b7-4+. The molecule has 2 fully saturated rings. The molecule has 7 heteroatoms. The zero-order valence-corrected chi connectivity index (χ0v) is 15.4. The van der Waals surface area contributed by atoms with E-state index in [0.717, 1.165) is 24.9 Å². The zero-order chi connectivity index (χ0) is 19.3. The number of nitrogens with two attached hydrogens (primary N) is 1. The van der Waals surface area contributed by atoms with Crippen LogP contribution < -0.4 is 11.1 Å². The Labute approximate surface area is 159 Å². The van der Waals surface area contributed by atoms with E-state index in [1.807, 2.05) is 47.4 Å². The summed E-state index contributed by atoms with van der Waals surface area (Å²) in [6, 6.07) is 9.32. The van der Waals surface area contributed by atoms with Crippen molar-refractivity contribution < 1.29 is 14.4 Å². The fraction of sp³-hybridized carbons (Fsp3) is 0.450. The SMILES string of the molecule is NC(=O)NCC(=O)N1CCC2(CC1)CC(=O)N(C/C=C/c1ccccc1)C2. The first-order valence-corrected chi connectivity index (χ1v) is 9.28. The predicted molar refractivity (Wildman–Crippen MR) is 103 cm³/mol. The molecule has 2 aliphatic rings. The van der Waals surface area contributed by atoms with Gasteiger partial charge in [0.2, 0.25) is 11.8 Å². The molecule has 0 atom stereocenters. The van der Waals surface area contributed by atoms with E-state index in [2.05, 4.69) is 5.32 Å². The van der Waals surface area contributed by atoms with Crippen molar-refractivity contribution >= 4 is 23.9 Å². The lowest BCUT2D eigenvalue weighted by molar-refractivity contribution is -0.132. The summed E-state index contributed by atoms with van der Waals surface area (Å²) in [7, 11) is 0. The molecule has 0 radical (unpaired) electrons. The summed E-state index contributed by atoms with van der Waals surface area (Å²) < 4.78 is 0. The van der Waals surface area contributed by atoms with Gasteiger partial charge in [0.1, 0.15) is 0 Å². The lowest BCUT2D eigenvalue weighted by Crippen LogP contribution is -2.48. The van der Waals surface area contributed by atoms with Gasteiger partial charge < -0.3 is 20.9 Å². The number of rotatable bonds is 5. The molecule has 1 spiro atoms. The van der Waals surface area contributed by atoms with Crippen molar-refractivity contribution in [2.45, 2.75) is 19.3 Å². The van der Waals surface area contributed by atoms with E-state index >= 15 is 0 Å². The average Bonchev–Trinajstić information content (AvgIpc) is 2.96. The molecule has 4 amide bonds. The summed E-state index contributed by atoms with van der Waals surface area (Å²) in [6.45, 7) is 2.51. The molecule has 0 bridgehead atoms. The van der Waals surface area contributed by atoms with Gasteiger partial charge in [-0.25, -0.2) is 4.79 Å². The molecule has 144 valence electrons. The molecule has 0 aliphatic carbocycles. The van der Waals surface area contributed by atoms with Gasteiger partial charge in [0.15, 0.2) is 0 Å². The second kappa shape index (κ2) is 8.24. The van der Waals surface area contributed by atoms with Crippen LogP contribution in [-0.2, 0) is 9.59 Å². The van der Waals surface area contributed by atoms with Gasteiger partial charge in [-0.3, -0.25) is 9.59 Å². The molecule has 2 saturated heterocycles. The van der Waals surface area contributed by atoms with E-state index in [9.17, 15) is 14.4 Å². The minimum absolute atomic E-state index is 0.0361. The molecular formula is C20H26N4O3. The Bertz CT molecular complexity index is 724. The van der Waals surface area contributed by atoms with Gasteiger partial charge in [-0.05, 0) is 18.4 Å². The van der Waals surface area contributed by atoms with Crippen LogP contribution in [0.3, 0.4) is 0 Å². The summed E-state index contributed by atoms with van der Waals surface area (Å²) >= 11 is 0. The highest BCUT2D eigenvalue weighted by Gasteiger charge is 2.44. The van der Waals surface area contributed by atoms with Gasteiger partial charge in [0, 0.05) is 38.0 Å². The van der Waals surface area contributed by atoms with E-state index in [0.29, 0.717) is 26.1 Å². The minimum atomic E-state index is -0.697. The number of amides is 4. The highest BCUT2D eigenvalue weighted by Crippen LogP contribution is 2.40. The molecule has 7 nitrogen and oxygen atoms in total. The van der Waals surface area contributed by atoms with E-state index in [1.54, 1.807) is 4.90 Å². The van der Waals surface area contributed by atoms with E-state index in [-0.39, 0.29) is 23.8 Å². The number of carbonyl (C=O) groups is 3. The lowest BCUT2D eigenvalue weighted by Gasteiger charge is -2.38. The molecule has 1 aromatic rings. The Kier molecular flexibility index (Phi) is 5.78. The molecule has 0 aromatic heterocycles. The van der Waals surface area contributed by atoms with Crippen LogP contribution in [0.5, 0.6) is 0 Å². The summed E-state index contributed by atoms with van der Waals surface area (Å²) in [5.41, 5.74) is 6.09. The smallest absolute Gasteiger partial charge is 0.312 e. The van der Waals surface area contributed by atoms with Crippen LogP contribution in [0.2, 0.25) is 0 Å². The van der Waals surface area contributed by atoms with Crippen LogP contribution >= 0.6 is 0 Å². The first kappa shape index (κ1) is 18.9. The predicted octanol–water partition coefficient (Wildman–Crippen LogP) is 1.21. The van der Waals surface area contributed by atoms with E-state index < -0.39 is 6.03 Å². The Morgan fingerprint density at radius 2 is 1.89 bits per heavy atom. The Morgan fingerprint density at radius 1 is 1.19 bits per heavy atom. The number of nitrogens with zero attached hydrogens (tertiary/aromatic N) is 2. The summed E-state index contributed by atoms with van der Waals surface area (Å²) in [4.78, 5) is 38.9. The molecule has 2 heterocycles. The topological polar surface area (TPSA) is 95.7 Å². The first-order chi connectivity index (χ1) is 13.0. The third-order valence-electron chi connectivity index (χ3n) is 5.43. The number of hydrogen-bond acceptors (Lipinski definition) is 3. The number of benzene rings is 1. The van der Waals surface area contributed by atoms with Crippen molar-refractivity contribution in [1.82, 2.24) is 15.1 Å². The monoisotopic (exact) mass is 370 g/mol. The highest BCUT2D eigenvalue weighted by molar-refractivity contribution is 5.83. The van der Waals surface area contributed by atoms with E-state index in [1.165, 1.54) is 0 Å². The third-order valence-corrected chi connectivity index (χ3v) is 5.43. The lowest BCUT2D eigenvalue weighted by atomic mass is 9.77. The maximum absolute atomic E-state index is 12.4. The molecule has 1 aromatic carbocycles. The van der Waals surface area contributed by atoms with Crippen molar-refractivity contribution in [1.29, 1.82) is 0 Å². The molecular weight excluding hydrogens is 344 g/mol. The summed E-state index contributed by atoms with van der Waals surface area (Å²) in [6.07, 6.45) is 6.22. The largest absolute Gasteiger partial charge is 0.352 e. The number of primary amides is 1. The van der Waals surface area contributed by atoms with Gasteiger partial charge in [0.25, 0.3) is 0 Å². The van der Waals surface area contributed by atoms with Crippen LogP contribution in [0.4, 0.5) is 4.79 Å². The normalized spacial score (nSPS) is 19.0. The van der Waals surface area contributed by atoms with Crippen LogP contribution in [0.1, 0.15) is 24.8 Å². The van der Waals surface area contributed by atoms with Crippen molar-refractivity contribution in [3.05, 3.63) is 42.0 Å². The van der Waals surface area contributed by atoms with Gasteiger partial charge in [-0.2, -0.15) is 0 Å². The molecule has 0 saturated carbocycles. The Morgan fingerprint density at radius 3 is 2.56 bits per heavy atom. The summed E-state index contributed by atoms with van der Waals surface area (Å²) in [5, 5.41) is 2.33. The van der Waals surface area contributed by atoms with Gasteiger partial charge in [-0.1, -0.05) is 42.5 Å². The maximum Gasteiger partial charge on any atom is 0.312 e. The van der Waals surface area contributed by atoms with Crippen molar-refractivity contribution in [3.63, 3.8) is 0 Å². The quantitative estimate of drug-likeness (QED) is 0.815. The second-order valence-corrected chi connectivity index (χ2v) is 7.36. The molecule has 27 heavy (non-hydrogen) atoms. The molecule has 0 unspecified atom stereocenters. The summed E-state index contributed by atoms with van der Waals surface area (Å²) in [5.74, 6) is 0.0542. The average molecular weight is 370 g/mol. The first-order valence-electron chi connectivity index (χ1n) is 9.28. The molecule has 3 rings (SSSR count). The zero-order valence-electron chi connectivity index (χ0n) is 15.4. The van der Waals surface area contributed by atoms with Crippen molar-refractivity contribution in [2.24, 2.45) is 11.1 Å². The van der Waals surface area contributed by atoms with E-state index in [4.69, 9.17) is 5.73 Å². The van der Waals surface area contributed by atoms with Crippen LogP contribution in [0, 0.1) is 5.41 Å². The van der Waals surface area contributed by atoms with Crippen LogP contribution in [0.15, 0.2) is 36.4 Å². The number of carbonyl (C=O) groups excluding carboxylic acids is 3. The van der Waals surface area contributed by atoms with Gasteiger partial charge in [-0.15, -0.1) is 0 Å². The number of urea groups is 1. The van der Waals surface area contributed by atoms with Gasteiger partial charge >= 0.3 is 6.03 Å².